The number of halogens is 1. The fourth-order valence-electron chi connectivity index (χ4n) is 3.15. The van der Waals surface area contributed by atoms with Crippen LogP contribution in [-0.2, 0) is 11.3 Å². The molecule has 4 aromatic rings. The Labute approximate surface area is 187 Å². The van der Waals surface area contributed by atoms with Gasteiger partial charge in [0.1, 0.15) is 5.82 Å². The van der Waals surface area contributed by atoms with Gasteiger partial charge in [0.25, 0.3) is 11.5 Å². The molecular formula is C24H19BrN4O2. The number of nitrogens with one attached hydrogen (secondary N) is 2. The Hall–Kier alpha value is -3.55. The zero-order chi connectivity index (χ0) is 21.6. The second-order valence-corrected chi connectivity index (χ2v) is 7.67. The Morgan fingerprint density at radius 3 is 2.45 bits per heavy atom. The molecule has 1 heterocycles. The Bertz CT molecular complexity index is 1300. The molecule has 0 fully saturated rings. The summed E-state index contributed by atoms with van der Waals surface area (Å²) in [6.07, 6.45) is 3.17. The van der Waals surface area contributed by atoms with Crippen molar-refractivity contribution < 1.29 is 4.79 Å². The molecule has 0 radical (unpaired) electrons. The van der Waals surface area contributed by atoms with Crippen molar-refractivity contribution in [1.82, 2.24) is 20.4 Å². The summed E-state index contributed by atoms with van der Waals surface area (Å²) in [5.74, 6) is 0.181. The van der Waals surface area contributed by atoms with Gasteiger partial charge in [-0.1, -0.05) is 64.5 Å². The number of fused-ring (bicyclic) bond motifs is 1. The third kappa shape index (κ3) is 4.96. The minimum Gasteiger partial charge on any atom is -0.288 e. The van der Waals surface area contributed by atoms with Crippen LogP contribution in [0.25, 0.3) is 22.7 Å². The summed E-state index contributed by atoms with van der Waals surface area (Å²) < 4.78 is 2.36. The van der Waals surface area contributed by atoms with Crippen molar-refractivity contribution >= 4 is 38.8 Å². The zero-order valence-electron chi connectivity index (χ0n) is 16.5. The van der Waals surface area contributed by atoms with Crippen molar-refractivity contribution in [3.63, 3.8) is 0 Å². The van der Waals surface area contributed by atoms with E-state index in [1.807, 2.05) is 66.7 Å². The van der Waals surface area contributed by atoms with Gasteiger partial charge < -0.3 is 0 Å². The largest absolute Gasteiger partial charge is 0.288 e. The topological polar surface area (TPSA) is 76.0 Å². The third-order valence-electron chi connectivity index (χ3n) is 4.60. The number of aromatic nitrogens is 2. The van der Waals surface area contributed by atoms with Gasteiger partial charge in [-0.25, -0.2) is 10.4 Å². The van der Waals surface area contributed by atoms with Crippen LogP contribution in [0.15, 0.2) is 94.2 Å². The van der Waals surface area contributed by atoms with Crippen molar-refractivity contribution in [3.8, 4) is 5.69 Å². The molecule has 0 aliphatic rings. The fourth-order valence-corrected chi connectivity index (χ4v) is 3.51. The van der Waals surface area contributed by atoms with Crippen LogP contribution in [0.4, 0.5) is 0 Å². The third-order valence-corrected chi connectivity index (χ3v) is 5.09. The first-order valence-corrected chi connectivity index (χ1v) is 10.4. The highest BCUT2D eigenvalue weighted by Gasteiger charge is 2.13. The summed E-state index contributed by atoms with van der Waals surface area (Å²) >= 11 is 3.41. The summed E-state index contributed by atoms with van der Waals surface area (Å²) in [4.78, 5) is 30.0. The molecule has 2 N–H and O–H groups in total. The first-order valence-electron chi connectivity index (χ1n) is 9.64. The number of carbonyl (C=O) groups is 1. The predicted molar refractivity (Wildman–Crippen MR) is 125 cm³/mol. The summed E-state index contributed by atoms with van der Waals surface area (Å²) in [6.45, 7) is 0.168. The van der Waals surface area contributed by atoms with Crippen molar-refractivity contribution in [1.29, 1.82) is 0 Å². The number of hydrazine groups is 1. The Kier molecular flexibility index (Phi) is 6.35. The molecule has 0 spiro atoms. The maximum Gasteiger partial charge on any atom is 0.266 e. The molecule has 4 rings (SSSR count). The van der Waals surface area contributed by atoms with Crippen LogP contribution < -0.4 is 16.4 Å². The minimum atomic E-state index is -0.304. The van der Waals surface area contributed by atoms with Crippen LogP contribution >= 0.6 is 15.9 Å². The first-order chi connectivity index (χ1) is 15.1. The first kappa shape index (κ1) is 20.7. The number of hydrogen-bond donors (Lipinski definition) is 2. The molecule has 31 heavy (non-hydrogen) atoms. The summed E-state index contributed by atoms with van der Waals surface area (Å²) in [5, 5.41) is 0.511. The molecule has 1 aromatic heterocycles. The number of carbonyl (C=O) groups excluding carboxylic acids is 1. The van der Waals surface area contributed by atoms with Crippen molar-refractivity contribution in [3.05, 3.63) is 111 Å². The van der Waals surface area contributed by atoms with E-state index in [1.54, 1.807) is 22.8 Å². The maximum absolute atomic E-state index is 13.2. The molecule has 3 aromatic carbocycles. The predicted octanol–water partition coefficient (Wildman–Crippen LogP) is 3.98. The summed E-state index contributed by atoms with van der Waals surface area (Å²) in [7, 11) is 0. The van der Waals surface area contributed by atoms with Gasteiger partial charge in [-0.15, -0.1) is 0 Å². The van der Waals surface area contributed by atoms with Gasteiger partial charge in [-0.2, -0.15) is 0 Å². The maximum atomic E-state index is 13.2. The Morgan fingerprint density at radius 1 is 1.00 bits per heavy atom. The normalized spacial score (nSPS) is 11.1. The van der Waals surface area contributed by atoms with Gasteiger partial charge >= 0.3 is 0 Å². The van der Waals surface area contributed by atoms with Crippen molar-refractivity contribution in [2.75, 3.05) is 0 Å². The molecule has 0 aliphatic carbocycles. The van der Waals surface area contributed by atoms with Crippen molar-refractivity contribution in [2.45, 2.75) is 6.54 Å². The van der Waals surface area contributed by atoms with E-state index in [4.69, 9.17) is 0 Å². The van der Waals surface area contributed by atoms with E-state index >= 15 is 0 Å². The Balaban J connectivity index is 1.58. The zero-order valence-corrected chi connectivity index (χ0v) is 18.0. The van der Waals surface area contributed by atoms with Crippen LogP contribution in [0.2, 0.25) is 0 Å². The number of nitrogens with zero attached hydrogens (tertiary/aromatic N) is 2. The number of rotatable bonds is 6. The highest BCUT2D eigenvalue weighted by Crippen LogP contribution is 2.17. The quantitative estimate of drug-likeness (QED) is 0.327. The van der Waals surface area contributed by atoms with E-state index in [0.29, 0.717) is 22.4 Å². The van der Waals surface area contributed by atoms with Gasteiger partial charge in [-0.3, -0.25) is 19.6 Å². The molecule has 0 saturated heterocycles. The Morgan fingerprint density at radius 2 is 1.71 bits per heavy atom. The lowest BCUT2D eigenvalue weighted by molar-refractivity contribution is -0.117. The highest BCUT2D eigenvalue weighted by atomic mass is 79.9. The van der Waals surface area contributed by atoms with Gasteiger partial charge in [0, 0.05) is 10.5 Å². The van der Waals surface area contributed by atoms with E-state index in [0.717, 1.165) is 10.0 Å². The second-order valence-electron chi connectivity index (χ2n) is 6.75. The number of benzene rings is 3. The molecule has 154 valence electrons. The van der Waals surface area contributed by atoms with Crippen molar-refractivity contribution in [2.24, 2.45) is 0 Å². The van der Waals surface area contributed by atoms with Crippen LogP contribution in [0.5, 0.6) is 0 Å². The monoisotopic (exact) mass is 474 g/mol. The average Bonchev–Trinajstić information content (AvgIpc) is 2.80. The van der Waals surface area contributed by atoms with Crippen LogP contribution in [-0.4, -0.2) is 15.5 Å². The van der Waals surface area contributed by atoms with Crippen LogP contribution in [0, 0.1) is 0 Å². The molecule has 0 bridgehead atoms. The molecule has 0 unspecified atom stereocenters. The number of para-hydroxylation sites is 1. The molecule has 6 nitrogen and oxygen atoms in total. The van der Waals surface area contributed by atoms with Gasteiger partial charge in [-0.05, 0) is 42.0 Å². The lowest BCUT2D eigenvalue weighted by atomic mass is 10.2. The molecule has 0 atom stereocenters. The minimum absolute atomic E-state index is 0.168. The number of amides is 1. The molecule has 0 aliphatic heterocycles. The standard InChI is InChI=1S/C24H19BrN4O2/c25-18-12-13-21-20(15-18)24(31)29(19-9-5-2-6-10-19)22(27-21)16-26-28-23(30)14-11-17-7-3-1-4-8-17/h1-15,26H,16H2,(H,28,30)/b14-11+. The van der Waals surface area contributed by atoms with E-state index in [2.05, 4.69) is 31.8 Å². The van der Waals surface area contributed by atoms with E-state index in [-0.39, 0.29) is 18.0 Å². The second kappa shape index (κ2) is 9.51. The smallest absolute Gasteiger partial charge is 0.266 e. The molecule has 7 heteroatoms. The van der Waals surface area contributed by atoms with E-state index < -0.39 is 0 Å². The van der Waals surface area contributed by atoms with E-state index in [9.17, 15) is 9.59 Å². The average molecular weight is 475 g/mol. The van der Waals surface area contributed by atoms with Gasteiger partial charge in [0.2, 0.25) is 0 Å². The number of hydrogen-bond acceptors (Lipinski definition) is 4. The van der Waals surface area contributed by atoms with Gasteiger partial charge in [0.05, 0.1) is 23.1 Å². The van der Waals surface area contributed by atoms with Crippen LogP contribution in [0.1, 0.15) is 11.4 Å². The molecular weight excluding hydrogens is 456 g/mol. The SMILES string of the molecule is O=C(/C=C/c1ccccc1)NNCc1nc2ccc(Br)cc2c(=O)n1-c1ccccc1. The summed E-state index contributed by atoms with van der Waals surface area (Å²) in [5.41, 5.74) is 7.53. The molecule has 0 saturated carbocycles. The lowest BCUT2D eigenvalue weighted by Gasteiger charge is -2.14. The molecule has 1 amide bonds. The lowest BCUT2D eigenvalue weighted by Crippen LogP contribution is -2.38. The highest BCUT2D eigenvalue weighted by molar-refractivity contribution is 9.10. The summed E-state index contributed by atoms with van der Waals surface area (Å²) in [6, 6.07) is 24.2. The van der Waals surface area contributed by atoms with E-state index in [1.165, 1.54) is 6.08 Å². The fraction of sp³-hybridized carbons (Fsp3) is 0.0417. The van der Waals surface area contributed by atoms with Crippen LogP contribution in [0.3, 0.4) is 0 Å². The van der Waals surface area contributed by atoms with Gasteiger partial charge in [0.15, 0.2) is 0 Å².